The van der Waals surface area contributed by atoms with Gasteiger partial charge in [-0.1, -0.05) is 0 Å². The van der Waals surface area contributed by atoms with Crippen LogP contribution in [0.4, 0.5) is 4.39 Å². The lowest BCUT2D eigenvalue weighted by Gasteiger charge is -2.30. The number of aromatic nitrogens is 4. The number of carbonyl (C=O) groups excluding carboxylic acids is 1. The SMILES string of the molecule is O=C(c1cc(-c2ccc(F)cc2)n[nH]1)N1CCC(c2nnc(-c3ccsc3)o2)CC1. The number of nitrogens with one attached hydrogen (secondary N) is 1. The molecular weight excluding hydrogens is 405 g/mol. The van der Waals surface area contributed by atoms with Crippen molar-refractivity contribution in [1.29, 1.82) is 0 Å². The van der Waals surface area contributed by atoms with E-state index in [0.29, 0.717) is 36.3 Å². The Morgan fingerprint density at radius 1 is 1.13 bits per heavy atom. The summed E-state index contributed by atoms with van der Waals surface area (Å²) in [7, 11) is 0. The Morgan fingerprint density at radius 3 is 2.67 bits per heavy atom. The van der Waals surface area contributed by atoms with Crippen LogP contribution in [-0.2, 0) is 0 Å². The van der Waals surface area contributed by atoms with E-state index in [0.717, 1.165) is 24.0 Å². The highest BCUT2D eigenvalue weighted by Crippen LogP contribution is 2.30. The van der Waals surface area contributed by atoms with Crippen LogP contribution in [0, 0.1) is 5.82 Å². The summed E-state index contributed by atoms with van der Waals surface area (Å²) in [4.78, 5) is 14.6. The predicted octanol–water partition coefficient (Wildman–Crippen LogP) is 4.35. The monoisotopic (exact) mass is 423 g/mol. The van der Waals surface area contributed by atoms with Gasteiger partial charge >= 0.3 is 0 Å². The number of halogens is 1. The summed E-state index contributed by atoms with van der Waals surface area (Å²) in [6, 6.07) is 9.68. The molecular formula is C21H18FN5O2S. The molecule has 0 bridgehead atoms. The fourth-order valence-corrected chi connectivity index (χ4v) is 4.23. The predicted molar refractivity (Wildman–Crippen MR) is 109 cm³/mol. The second kappa shape index (κ2) is 7.83. The fourth-order valence-electron chi connectivity index (χ4n) is 3.60. The van der Waals surface area contributed by atoms with Crippen LogP contribution in [0.1, 0.15) is 35.1 Å². The summed E-state index contributed by atoms with van der Waals surface area (Å²) < 4.78 is 18.9. The van der Waals surface area contributed by atoms with Gasteiger partial charge in [0.1, 0.15) is 11.5 Å². The van der Waals surface area contributed by atoms with E-state index in [9.17, 15) is 9.18 Å². The average molecular weight is 423 g/mol. The highest BCUT2D eigenvalue weighted by Gasteiger charge is 2.28. The summed E-state index contributed by atoms with van der Waals surface area (Å²) in [5.41, 5.74) is 2.72. The van der Waals surface area contributed by atoms with Gasteiger partial charge in [0.15, 0.2) is 0 Å². The number of nitrogens with zero attached hydrogens (tertiary/aromatic N) is 4. The Bertz CT molecular complexity index is 1140. The summed E-state index contributed by atoms with van der Waals surface area (Å²) in [6.45, 7) is 1.20. The topological polar surface area (TPSA) is 87.9 Å². The van der Waals surface area contributed by atoms with E-state index in [-0.39, 0.29) is 17.6 Å². The van der Waals surface area contributed by atoms with E-state index in [2.05, 4.69) is 20.4 Å². The highest BCUT2D eigenvalue weighted by molar-refractivity contribution is 7.08. The number of hydrogen-bond donors (Lipinski definition) is 1. The third kappa shape index (κ3) is 3.63. The van der Waals surface area contributed by atoms with Crippen molar-refractivity contribution in [3.8, 4) is 22.7 Å². The maximum absolute atomic E-state index is 13.1. The Morgan fingerprint density at radius 2 is 1.93 bits per heavy atom. The van der Waals surface area contributed by atoms with Crippen molar-refractivity contribution in [1.82, 2.24) is 25.3 Å². The first kappa shape index (κ1) is 18.7. The molecule has 1 saturated heterocycles. The minimum atomic E-state index is -0.308. The number of thiophene rings is 1. The van der Waals surface area contributed by atoms with Gasteiger partial charge in [-0.3, -0.25) is 9.89 Å². The molecule has 4 heterocycles. The number of carbonyl (C=O) groups is 1. The number of rotatable bonds is 4. The molecule has 0 radical (unpaired) electrons. The number of H-pyrrole nitrogens is 1. The van der Waals surface area contributed by atoms with Crippen LogP contribution in [0.5, 0.6) is 0 Å². The van der Waals surface area contributed by atoms with E-state index in [1.54, 1.807) is 34.4 Å². The van der Waals surface area contributed by atoms with Crippen LogP contribution < -0.4 is 0 Å². The molecule has 1 aliphatic heterocycles. The molecule has 1 aliphatic rings. The van der Waals surface area contributed by atoms with Gasteiger partial charge in [-0.15, -0.1) is 10.2 Å². The number of aromatic amines is 1. The number of hydrogen-bond acceptors (Lipinski definition) is 6. The molecule has 5 rings (SSSR count). The van der Waals surface area contributed by atoms with E-state index in [1.807, 2.05) is 16.8 Å². The Balaban J connectivity index is 1.22. The largest absolute Gasteiger partial charge is 0.420 e. The minimum Gasteiger partial charge on any atom is -0.420 e. The molecule has 152 valence electrons. The van der Waals surface area contributed by atoms with Crippen molar-refractivity contribution in [2.75, 3.05) is 13.1 Å². The normalized spacial score (nSPS) is 14.9. The van der Waals surface area contributed by atoms with Crippen molar-refractivity contribution < 1.29 is 13.6 Å². The van der Waals surface area contributed by atoms with Crippen LogP contribution in [0.2, 0.25) is 0 Å². The molecule has 9 heteroatoms. The molecule has 3 aromatic heterocycles. The number of amides is 1. The van der Waals surface area contributed by atoms with Crippen LogP contribution in [0.25, 0.3) is 22.7 Å². The molecule has 1 aromatic carbocycles. The average Bonchev–Trinajstić information content (AvgIpc) is 3.55. The molecule has 30 heavy (non-hydrogen) atoms. The van der Waals surface area contributed by atoms with Crippen LogP contribution in [0.15, 0.2) is 51.6 Å². The Kier molecular flexibility index (Phi) is 4.88. The zero-order chi connectivity index (χ0) is 20.5. The lowest BCUT2D eigenvalue weighted by atomic mass is 9.96. The maximum Gasteiger partial charge on any atom is 0.271 e. The van der Waals surface area contributed by atoms with Crippen molar-refractivity contribution in [3.05, 3.63) is 64.6 Å². The molecule has 0 unspecified atom stereocenters. The van der Waals surface area contributed by atoms with E-state index in [1.165, 1.54) is 12.1 Å². The Labute approximate surface area is 175 Å². The van der Waals surface area contributed by atoms with E-state index >= 15 is 0 Å². The first-order chi connectivity index (χ1) is 14.7. The molecule has 0 aliphatic carbocycles. The maximum atomic E-state index is 13.1. The lowest BCUT2D eigenvalue weighted by molar-refractivity contribution is 0.0700. The standard InChI is InChI=1S/C21H18FN5O2S/c22-16-3-1-13(2-4-16)17-11-18(24-23-17)21(28)27-8-5-14(6-9-27)19-25-26-20(29-19)15-7-10-30-12-15/h1-4,7,10-12,14H,5-6,8-9H2,(H,23,24). The molecule has 0 saturated carbocycles. The molecule has 0 spiro atoms. The third-order valence-electron chi connectivity index (χ3n) is 5.29. The van der Waals surface area contributed by atoms with Gasteiger partial charge in [-0.05, 0) is 54.6 Å². The minimum absolute atomic E-state index is 0.0983. The first-order valence-electron chi connectivity index (χ1n) is 9.64. The second-order valence-corrected chi connectivity index (χ2v) is 7.98. The smallest absolute Gasteiger partial charge is 0.271 e. The van der Waals surface area contributed by atoms with Gasteiger partial charge in [0.25, 0.3) is 5.91 Å². The van der Waals surface area contributed by atoms with Gasteiger partial charge in [-0.2, -0.15) is 16.4 Å². The molecule has 1 N–H and O–H groups in total. The van der Waals surface area contributed by atoms with Crippen LogP contribution >= 0.6 is 11.3 Å². The molecule has 1 fully saturated rings. The first-order valence-corrected chi connectivity index (χ1v) is 10.6. The Hall–Kier alpha value is -3.33. The number of likely N-dealkylation sites (tertiary alicyclic amines) is 1. The molecule has 4 aromatic rings. The van der Waals surface area contributed by atoms with Gasteiger partial charge in [0, 0.05) is 35.5 Å². The summed E-state index contributed by atoms with van der Waals surface area (Å²) >= 11 is 1.58. The fraction of sp³-hybridized carbons (Fsp3) is 0.238. The molecule has 7 nitrogen and oxygen atoms in total. The van der Waals surface area contributed by atoms with Crippen LogP contribution in [-0.4, -0.2) is 44.3 Å². The van der Waals surface area contributed by atoms with Gasteiger partial charge < -0.3 is 9.32 Å². The number of piperidine rings is 1. The summed E-state index contributed by atoms with van der Waals surface area (Å²) in [5, 5.41) is 19.3. The van der Waals surface area contributed by atoms with Gasteiger partial charge in [0.2, 0.25) is 11.8 Å². The lowest BCUT2D eigenvalue weighted by Crippen LogP contribution is -2.38. The quantitative estimate of drug-likeness (QED) is 0.527. The highest BCUT2D eigenvalue weighted by atomic mass is 32.1. The molecule has 1 amide bonds. The van der Waals surface area contributed by atoms with Crippen molar-refractivity contribution in [2.24, 2.45) is 0 Å². The van der Waals surface area contributed by atoms with Gasteiger partial charge in [0.05, 0.1) is 5.69 Å². The third-order valence-corrected chi connectivity index (χ3v) is 5.97. The summed E-state index contributed by atoms with van der Waals surface area (Å²) in [5.74, 6) is 0.903. The van der Waals surface area contributed by atoms with Crippen molar-refractivity contribution in [3.63, 3.8) is 0 Å². The number of benzene rings is 1. The van der Waals surface area contributed by atoms with Crippen molar-refractivity contribution in [2.45, 2.75) is 18.8 Å². The van der Waals surface area contributed by atoms with E-state index < -0.39 is 0 Å². The van der Waals surface area contributed by atoms with Crippen LogP contribution in [0.3, 0.4) is 0 Å². The van der Waals surface area contributed by atoms with Crippen molar-refractivity contribution >= 4 is 17.2 Å². The summed E-state index contributed by atoms with van der Waals surface area (Å²) in [6.07, 6.45) is 1.52. The second-order valence-electron chi connectivity index (χ2n) is 7.20. The van der Waals surface area contributed by atoms with Gasteiger partial charge in [-0.25, -0.2) is 4.39 Å². The zero-order valence-corrected chi connectivity index (χ0v) is 16.7. The van der Waals surface area contributed by atoms with E-state index in [4.69, 9.17) is 4.42 Å². The zero-order valence-electron chi connectivity index (χ0n) is 15.9. The molecule has 0 atom stereocenters.